The van der Waals surface area contributed by atoms with Crippen LogP contribution in [0.2, 0.25) is 0 Å². The molecule has 1 saturated heterocycles. The highest BCUT2D eigenvalue weighted by Gasteiger charge is 2.23. The van der Waals surface area contributed by atoms with E-state index in [0.717, 1.165) is 50.3 Å². The molecule has 3 nitrogen and oxygen atoms in total. The quantitative estimate of drug-likeness (QED) is 0.663. The fourth-order valence-corrected chi connectivity index (χ4v) is 4.33. The largest absolute Gasteiger partial charge is 0.336 e. The number of hydrogen-bond acceptors (Lipinski definition) is 3. The first-order valence-electron chi connectivity index (χ1n) is 9.45. The predicted molar refractivity (Wildman–Crippen MR) is 111 cm³/mol. The molecule has 2 heterocycles. The fourth-order valence-electron chi connectivity index (χ4n) is 3.61. The molecule has 1 aliphatic rings. The molecule has 0 radical (unpaired) electrons. The highest BCUT2D eigenvalue weighted by molar-refractivity contribution is 7.09. The summed E-state index contributed by atoms with van der Waals surface area (Å²) in [5.74, 6) is 0.168. The molecule has 0 spiro atoms. The van der Waals surface area contributed by atoms with Crippen molar-refractivity contribution in [3.63, 3.8) is 0 Å². The second-order valence-corrected chi connectivity index (χ2v) is 8.00. The molecule has 0 atom stereocenters. The number of benzene rings is 2. The van der Waals surface area contributed by atoms with Crippen LogP contribution >= 0.6 is 11.3 Å². The first-order valence-corrected chi connectivity index (χ1v) is 10.3. The summed E-state index contributed by atoms with van der Waals surface area (Å²) in [6.07, 6.45) is 0.827. The van der Waals surface area contributed by atoms with E-state index in [-0.39, 0.29) is 5.91 Å². The van der Waals surface area contributed by atoms with E-state index in [0.29, 0.717) is 0 Å². The zero-order valence-corrected chi connectivity index (χ0v) is 16.2. The van der Waals surface area contributed by atoms with Gasteiger partial charge in [-0.25, -0.2) is 0 Å². The molecule has 1 fully saturated rings. The van der Waals surface area contributed by atoms with Crippen molar-refractivity contribution in [3.05, 3.63) is 93.7 Å². The normalized spacial score (nSPS) is 15.0. The lowest BCUT2D eigenvalue weighted by atomic mass is 10.0. The lowest BCUT2D eigenvalue weighted by molar-refractivity contribution is 0.0627. The van der Waals surface area contributed by atoms with Crippen molar-refractivity contribution < 1.29 is 4.79 Å². The van der Waals surface area contributed by atoms with E-state index < -0.39 is 0 Å². The third kappa shape index (κ3) is 4.46. The monoisotopic (exact) mass is 376 g/mol. The van der Waals surface area contributed by atoms with Crippen molar-refractivity contribution in [2.24, 2.45) is 0 Å². The Labute approximate surface area is 164 Å². The Kier molecular flexibility index (Phi) is 5.66. The average Bonchev–Trinajstić information content (AvgIpc) is 3.22. The summed E-state index contributed by atoms with van der Waals surface area (Å²) >= 11 is 1.74. The van der Waals surface area contributed by atoms with Crippen LogP contribution < -0.4 is 0 Å². The van der Waals surface area contributed by atoms with Gasteiger partial charge in [0.25, 0.3) is 5.91 Å². The van der Waals surface area contributed by atoms with E-state index in [1.807, 2.05) is 29.2 Å². The van der Waals surface area contributed by atoms with Crippen LogP contribution in [-0.2, 0) is 13.0 Å². The number of hydrogen-bond donors (Lipinski definition) is 0. The fraction of sp³-hybridized carbons (Fsp3) is 0.261. The van der Waals surface area contributed by atoms with Crippen molar-refractivity contribution in [2.75, 3.05) is 26.2 Å². The van der Waals surface area contributed by atoms with Gasteiger partial charge in [-0.1, -0.05) is 54.6 Å². The average molecular weight is 377 g/mol. The van der Waals surface area contributed by atoms with Crippen LogP contribution in [0.15, 0.2) is 72.1 Å². The van der Waals surface area contributed by atoms with Crippen molar-refractivity contribution in [1.82, 2.24) is 9.80 Å². The maximum Gasteiger partial charge on any atom is 0.254 e. The van der Waals surface area contributed by atoms with Crippen molar-refractivity contribution in [3.8, 4) is 0 Å². The second kappa shape index (κ2) is 8.51. The molecule has 0 aliphatic carbocycles. The molecule has 0 saturated carbocycles. The molecule has 27 heavy (non-hydrogen) atoms. The zero-order chi connectivity index (χ0) is 18.5. The Hall–Kier alpha value is -2.43. The van der Waals surface area contributed by atoms with Crippen molar-refractivity contribution >= 4 is 17.2 Å². The molecule has 1 aliphatic heterocycles. The lowest BCUT2D eigenvalue weighted by Gasteiger charge is -2.35. The number of carbonyl (C=O) groups is 1. The third-order valence-electron chi connectivity index (χ3n) is 5.10. The zero-order valence-electron chi connectivity index (χ0n) is 15.4. The SMILES string of the molecule is O=C(c1ccccc1Cc1cccs1)N1CCN(Cc2ccccc2)CC1. The molecule has 0 bridgehead atoms. The Balaban J connectivity index is 1.39. The summed E-state index contributed by atoms with van der Waals surface area (Å²) in [4.78, 5) is 18.9. The molecule has 0 N–H and O–H groups in total. The molecule has 1 aromatic heterocycles. The van der Waals surface area contributed by atoms with E-state index in [1.165, 1.54) is 10.4 Å². The van der Waals surface area contributed by atoms with E-state index in [1.54, 1.807) is 11.3 Å². The van der Waals surface area contributed by atoms with Crippen LogP contribution in [0.1, 0.15) is 26.4 Å². The van der Waals surface area contributed by atoms with E-state index >= 15 is 0 Å². The number of amides is 1. The van der Waals surface area contributed by atoms with Crippen LogP contribution in [0.5, 0.6) is 0 Å². The topological polar surface area (TPSA) is 23.6 Å². The Morgan fingerprint density at radius 3 is 2.33 bits per heavy atom. The third-order valence-corrected chi connectivity index (χ3v) is 5.98. The molecule has 0 unspecified atom stereocenters. The van der Waals surface area contributed by atoms with Gasteiger partial charge in [-0.15, -0.1) is 11.3 Å². The van der Waals surface area contributed by atoms with Gasteiger partial charge >= 0.3 is 0 Å². The highest BCUT2D eigenvalue weighted by atomic mass is 32.1. The van der Waals surface area contributed by atoms with Gasteiger partial charge in [0.05, 0.1) is 0 Å². The predicted octanol–water partition coefficient (Wildman–Crippen LogP) is 4.30. The van der Waals surface area contributed by atoms with Crippen LogP contribution in [-0.4, -0.2) is 41.9 Å². The number of nitrogens with zero attached hydrogens (tertiary/aromatic N) is 2. The smallest absolute Gasteiger partial charge is 0.254 e. The molecule has 2 aromatic carbocycles. The standard InChI is InChI=1S/C23H24N2OS/c26-23(22-11-5-4-9-20(22)17-21-10-6-16-27-21)25-14-12-24(13-15-25)18-19-7-2-1-3-8-19/h1-11,16H,12-15,17-18H2. The minimum absolute atomic E-state index is 0.168. The van der Waals surface area contributed by atoms with E-state index in [4.69, 9.17) is 0 Å². The van der Waals surface area contributed by atoms with Gasteiger partial charge in [0.15, 0.2) is 0 Å². The van der Waals surface area contributed by atoms with E-state index in [9.17, 15) is 4.79 Å². The molecular formula is C23H24N2OS. The van der Waals surface area contributed by atoms with Gasteiger partial charge in [-0.2, -0.15) is 0 Å². The van der Waals surface area contributed by atoms with Gasteiger partial charge in [-0.05, 0) is 28.6 Å². The van der Waals surface area contributed by atoms with Gasteiger partial charge in [0, 0.05) is 49.6 Å². The lowest BCUT2D eigenvalue weighted by Crippen LogP contribution is -2.48. The minimum Gasteiger partial charge on any atom is -0.336 e. The summed E-state index contributed by atoms with van der Waals surface area (Å²) in [5, 5.41) is 2.09. The summed E-state index contributed by atoms with van der Waals surface area (Å²) in [5.41, 5.74) is 3.30. The van der Waals surface area contributed by atoms with E-state index in [2.05, 4.69) is 52.7 Å². The van der Waals surface area contributed by atoms with Crippen molar-refractivity contribution in [2.45, 2.75) is 13.0 Å². The molecule has 4 rings (SSSR count). The van der Waals surface area contributed by atoms with Gasteiger partial charge in [0.1, 0.15) is 0 Å². The Morgan fingerprint density at radius 2 is 1.59 bits per heavy atom. The number of piperazine rings is 1. The summed E-state index contributed by atoms with van der Waals surface area (Å²) in [6.45, 7) is 4.39. The Morgan fingerprint density at radius 1 is 0.852 bits per heavy atom. The van der Waals surface area contributed by atoms with Crippen LogP contribution in [0.25, 0.3) is 0 Å². The number of rotatable bonds is 5. The van der Waals surface area contributed by atoms with Gasteiger partial charge in [0.2, 0.25) is 0 Å². The molecule has 4 heteroatoms. The molecule has 3 aromatic rings. The summed E-state index contributed by atoms with van der Waals surface area (Å²) in [6, 6.07) is 22.8. The summed E-state index contributed by atoms with van der Waals surface area (Å²) < 4.78 is 0. The highest BCUT2D eigenvalue weighted by Crippen LogP contribution is 2.20. The first-order chi connectivity index (χ1) is 13.3. The molecular weight excluding hydrogens is 352 g/mol. The Bertz CT molecular complexity index is 868. The maximum atomic E-state index is 13.1. The number of carbonyl (C=O) groups excluding carboxylic acids is 1. The number of thiophene rings is 1. The summed E-state index contributed by atoms with van der Waals surface area (Å²) in [7, 11) is 0. The first kappa shape index (κ1) is 18.0. The van der Waals surface area contributed by atoms with Crippen LogP contribution in [0.3, 0.4) is 0 Å². The van der Waals surface area contributed by atoms with Gasteiger partial charge in [-0.3, -0.25) is 9.69 Å². The van der Waals surface area contributed by atoms with Gasteiger partial charge < -0.3 is 4.90 Å². The molecule has 138 valence electrons. The minimum atomic E-state index is 0.168. The van der Waals surface area contributed by atoms with Crippen LogP contribution in [0, 0.1) is 0 Å². The van der Waals surface area contributed by atoms with Crippen LogP contribution in [0.4, 0.5) is 0 Å². The maximum absolute atomic E-state index is 13.1. The van der Waals surface area contributed by atoms with Crippen molar-refractivity contribution in [1.29, 1.82) is 0 Å². The second-order valence-electron chi connectivity index (χ2n) is 6.97. The molecule has 1 amide bonds.